The molecule has 0 aliphatic heterocycles. The summed E-state index contributed by atoms with van der Waals surface area (Å²) < 4.78 is 5.78. The first kappa shape index (κ1) is 14.0. The number of hydrogen-bond donors (Lipinski definition) is 0. The molecule has 0 bridgehead atoms. The van der Waals surface area contributed by atoms with Crippen LogP contribution in [0.3, 0.4) is 0 Å². The van der Waals surface area contributed by atoms with Crippen LogP contribution < -0.4 is 10.2 Å². The molecule has 0 fully saturated rings. The van der Waals surface area contributed by atoms with Crippen molar-refractivity contribution in [1.82, 2.24) is 0 Å². The van der Waals surface area contributed by atoms with Crippen molar-refractivity contribution >= 4 is 23.8 Å². The van der Waals surface area contributed by atoms with Crippen molar-refractivity contribution in [1.29, 1.82) is 0 Å². The molecule has 1 nitrogen and oxygen atoms in total. The number of rotatable bonds is 4. The standard InChI is InChI=1S/C16H18BClO/c1-12-10-13(4-9-16(12)18)11-19-15-7-5-14(6-8-15)17(2)3/h4-10H,11H2,1-3H3. The van der Waals surface area contributed by atoms with Crippen LogP contribution in [-0.4, -0.2) is 6.71 Å². The van der Waals surface area contributed by atoms with Crippen LogP contribution in [0.4, 0.5) is 0 Å². The zero-order valence-corrected chi connectivity index (χ0v) is 12.4. The van der Waals surface area contributed by atoms with E-state index in [0.29, 0.717) is 13.3 Å². The van der Waals surface area contributed by atoms with Crippen molar-refractivity contribution < 1.29 is 4.74 Å². The molecule has 0 aliphatic carbocycles. The van der Waals surface area contributed by atoms with Crippen LogP contribution in [0.5, 0.6) is 5.75 Å². The van der Waals surface area contributed by atoms with Gasteiger partial charge in [0.25, 0.3) is 0 Å². The van der Waals surface area contributed by atoms with Crippen LogP contribution >= 0.6 is 11.6 Å². The summed E-state index contributed by atoms with van der Waals surface area (Å²) in [5, 5.41) is 0.796. The fraction of sp³-hybridized carbons (Fsp3) is 0.250. The zero-order chi connectivity index (χ0) is 13.8. The highest BCUT2D eigenvalue weighted by Crippen LogP contribution is 2.18. The maximum Gasteiger partial charge on any atom is 0.169 e. The second-order valence-corrected chi connectivity index (χ2v) is 5.50. The summed E-state index contributed by atoms with van der Waals surface area (Å²) in [4.78, 5) is 0. The average Bonchev–Trinajstić information content (AvgIpc) is 2.40. The summed E-state index contributed by atoms with van der Waals surface area (Å²) in [6, 6.07) is 14.3. The largest absolute Gasteiger partial charge is 0.489 e. The Bertz CT molecular complexity index is 549. The van der Waals surface area contributed by atoms with Gasteiger partial charge in [0, 0.05) is 5.02 Å². The van der Waals surface area contributed by atoms with Gasteiger partial charge in [0.2, 0.25) is 0 Å². The Labute approximate surface area is 120 Å². The third-order valence-electron chi connectivity index (χ3n) is 3.17. The van der Waals surface area contributed by atoms with Crippen LogP contribution in [0, 0.1) is 6.92 Å². The van der Waals surface area contributed by atoms with E-state index in [0.717, 1.165) is 21.9 Å². The molecule has 2 aromatic rings. The Morgan fingerprint density at radius 3 is 2.32 bits per heavy atom. The Morgan fingerprint density at radius 2 is 1.74 bits per heavy atom. The average molecular weight is 273 g/mol. The molecule has 0 heterocycles. The summed E-state index contributed by atoms with van der Waals surface area (Å²) in [5.41, 5.74) is 3.54. The molecule has 0 N–H and O–H groups in total. The topological polar surface area (TPSA) is 9.23 Å². The van der Waals surface area contributed by atoms with Crippen molar-refractivity contribution in [3.8, 4) is 5.75 Å². The highest BCUT2D eigenvalue weighted by Gasteiger charge is 2.03. The second-order valence-electron chi connectivity index (χ2n) is 5.10. The van der Waals surface area contributed by atoms with E-state index in [2.05, 4.69) is 31.8 Å². The van der Waals surface area contributed by atoms with E-state index >= 15 is 0 Å². The Balaban J connectivity index is 2.00. The number of benzene rings is 2. The lowest BCUT2D eigenvalue weighted by molar-refractivity contribution is 0.306. The number of ether oxygens (including phenoxy) is 1. The van der Waals surface area contributed by atoms with Crippen LogP contribution in [0.15, 0.2) is 42.5 Å². The van der Waals surface area contributed by atoms with Gasteiger partial charge in [0.15, 0.2) is 6.71 Å². The molecular formula is C16H18BClO. The van der Waals surface area contributed by atoms with Gasteiger partial charge in [-0.05, 0) is 36.2 Å². The van der Waals surface area contributed by atoms with Crippen LogP contribution in [0.2, 0.25) is 18.7 Å². The third kappa shape index (κ3) is 3.78. The van der Waals surface area contributed by atoms with Gasteiger partial charge in [-0.25, -0.2) is 0 Å². The fourth-order valence-corrected chi connectivity index (χ4v) is 2.03. The third-order valence-corrected chi connectivity index (χ3v) is 3.60. The van der Waals surface area contributed by atoms with Crippen LogP contribution in [0.25, 0.3) is 0 Å². The van der Waals surface area contributed by atoms with Gasteiger partial charge >= 0.3 is 0 Å². The molecule has 19 heavy (non-hydrogen) atoms. The van der Waals surface area contributed by atoms with Crippen molar-refractivity contribution in [2.24, 2.45) is 0 Å². The van der Waals surface area contributed by atoms with E-state index in [1.54, 1.807) is 0 Å². The monoisotopic (exact) mass is 272 g/mol. The Kier molecular flexibility index (Phi) is 4.54. The van der Waals surface area contributed by atoms with Gasteiger partial charge in [-0.2, -0.15) is 0 Å². The van der Waals surface area contributed by atoms with Crippen LogP contribution in [0.1, 0.15) is 11.1 Å². The molecule has 3 heteroatoms. The molecule has 98 valence electrons. The quantitative estimate of drug-likeness (QED) is 0.758. The van der Waals surface area contributed by atoms with Crippen molar-refractivity contribution in [2.45, 2.75) is 27.2 Å². The second kappa shape index (κ2) is 6.16. The molecular weight excluding hydrogens is 254 g/mol. The Morgan fingerprint density at radius 1 is 1.05 bits per heavy atom. The Hall–Kier alpha value is -1.41. The van der Waals surface area contributed by atoms with Gasteiger partial charge in [0.05, 0.1) is 0 Å². The lowest BCUT2D eigenvalue weighted by Gasteiger charge is -2.09. The lowest BCUT2D eigenvalue weighted by atomic mass is 9.49. The molecule has 0 atom stereocenters. The van der Waals surface area contributed by atoms with E-state index in [1.165, 1.54) is 5.46 Å². The summed E-state index contributed by atoms with van der Waals surface area (Å²) >= 11 is 6.00. The maximum absolute atomic E-state index is 6.00. The van der Waals surface area contributed by atoms with Gasteiger partial charge in [-0.3, -0.25) is 0 Å². The first-order valence-electron chi connectivity index (χ1n) is 6.54. The van der Waals surface area contributed by atoms with Crippen molar-refractivity contribution in [2.75, 3.05) is 0 Å². The summed E-state index contributed by atoms with van der Waals surface area (Å²) in [6.07, 6.45) is 0. The SMILES string of the molecule is CB(C)c1ccc(OCc2ccc(Cl)c(C)c2)cc1. The fourth-order valence-electron chi connectivity index (χ4n) is 1.91. The highest BCUT2D eigenvalue weighted by molar-refractivity contribution is 6.70. The molecule has 2 aromatic carbocycles. The van der Waals surface area contributed by atoms with Gasteiger partial charge < -0.3 is 4.74 Å². The predicted octanol–water partition coefficient (Wildman–Crippen LogP) is 4.19. The summed E-state index contributed by atoms with van der Waals surface area (Å²) in [5.74, 6) is 0.900. The summed E-state index contributed by atoms with van der Waals surface area (Å²) in [6.45, 7) is 7.49. The zero-order valence-electron chi connectivity index (χ0n) is 11.6. The van der Waals surface area contributed by atoms with E-state index in [1.807, 2.05) is 31.2 Å². The highest BCUT2D eigenvalue weighted by atomic mass is 35.5. The summed E-state index contributed by atoms with van der Waals surface area (Å²) in [7, 11) is 0. The van der Waals surface area contributed by atoms with Crippen molar-refractivity contribution in [3.05, 3.63) is 58.6 Å². The van der Waals surface area contributed by atoms with E-state index in [9.17, 15) is 0 Å². The molecule has 0 saturated heterocycles. The molecule has 2 rings (SSSR count). The normalized spacial score (nSPS) is 10.3. The van der Waals surface area contributed by atoms with E-state index in [-0.39, 0.29) is 0 Å². The van der Waals surface area contributed by atoms with E-state index in [4.69, 9.17) is 16.3 Å². The smallest absolute Gasteiger partial charge is 0.169 e. The number of hydrogen-bond acceptors (Lipinski definition) is 1. The van der Waals surface area contributed by atoms with Crippen molar-refractivity contribution in [3.63, 3.8) is 0 Å². The molecule has 0 spiro atoms. The first-order chi connectivity index (χ1) is 9.06. The van der Waals surface area contributed by atoms with Gasteiger partial charge in [-0.1, -0.05) is 55.0 Å². The molecule has 0 aliphatic rings. The molecule has 0 unspecified atom stereocenters. The maximum atomic E-state index is 6.00. The minimum absolute atomic E-state index is 0.549. The predicted molar refractivity (Wildman–Crippen MR) is 84.1 cm³/mol. The van der Waals surface area contributed by atoms with Crippen LogP contribution in [-0.2, 0) is 6.61 Å². The van der Waals surface area contributed by atoms with Gasteiger partial charge in [-0.15, -0.1) is 0 Å². The first-order valence-corrected chi connectivity index (χ1v) is 6.92. The number of aryl methyl sites for hydroxylation is 1. The molecule has 0 amide bonds. The minimum Gasteiger partial charge on any atom is -0.489 e. The molecule has 0 aromatic heterocycles. The van der Waals surface area contributed by atoms with Gasteiger partial charge in [0.1, 0.15) is 12.4 Å². The molecule has 0 saturated carbocycles. The van der Waals surface area contributed by atoms with E-state index < -0.39 is 0 Å². The lowest BCUT2D eigenvalue weighted by Crippen LogP contribution is -2.21. The minimum atomic E-state index is 0.549. The molecule has 0 radical (unpaired) electrons. The number of halogens is 1.